The Morgan fingerprint density at radius 3 is 2.46 bits per heavy atom. The minimum atomic E-state index is -0.176. The fourth-order valence-electron chi connectivity index (χ4n) is 2.97. The van der Waals surface area contributed by atoms with E-state index in [2.05, 4.69) is 15.3 Å². The smallest absolute Gasteiger partial charge is 0.273 e. The van der Waals surface area contributed by atoms with Gasteiger partial charge in [-0.05, 0) is 29.3 Å². The zero-order valence-electron chi connectivity index (χ0n) is 13.8. The summed E-state index contributed by atoms with van der Waals surface area (Å²) in [5.41, 5.74) is 9.16. The number of hydrogen-bond donors (Lipinski definition) is 2. The SMILES string of the molecule is Nc1cc(C(=O)N2Cc3ccccc3C2)nc(Nc2cccc(Cl)c2)n1. The molecular weight excluding hydrogens is 350 g/mol. The molecule has 1 amide bonds. The van der Waals surface area contributed by atoms with E-state index in [0.29, 0.717) is 18.1 Å². The number of nitrogens with two attached hydrogens (primary N) is 1. The Bertz CT molecular complexity index is 966. The van der Waals surface area contributed by atoms with Gasteiger partial charge >= 0.3 is 0 Å². The molecule has 0 saturated carbocycles. The van der Waals surface area contributed by atoms with Crippen LogP contribution in [0.4, 0.5) is 17.5 Å². The number of benzene rings is 2. The number of fused-ring (bicyclic) bond motifs is 1. The minimum absolute atomic E-state index is 0.176. The van der Waals surface area contributed by atoms with Crippen molar-refractivity contribution in [1.29, 1.82) is 0 Å². The fraction of sp³-hybridized carbons (Fsp3) is 0.105. The fourth-order valence-corrected chi connectivity index (χ4v) is 3.16. The predicted octanol–water partition coefficient (Wildman–Crippen LogP) is 3.61. The topological polar surface area (TPSA) is 84.1 Å². The number of nitrogen functional groups attached to an aromatic ring is 1. The zero-order chi connectivity index (χ0) is 18.1. The van der Waals surface area contributed by atoms with Gasteiger partial charge in [-0.3, -0.25) is 4.79 Å². The molecule has 2 aromatic carbocycles. The molecule has 3 aromatic rings. The lowest BCUT2D eigenvalue weighted by molar-refractivity contribution is 0.0745. The minimum Gasteiger partial charge on any atom is -0.384 e. The summed E-state index contributed by atoms with van der Waals surface area (Å²) in [6.07, 6.45) is 0. The maximum Gasteiger partial charge on any atom is 0.273 e. The number of carbonyl (C=O) groups excluding carboxylic acids is 1. The first kappa shape index (κ1) is 16.4. The van der Waals surface area contributed by atoms with Gasteiger partial charge in [0.05, 0.1) is 0 Å². The number of nitrogens with one attached hydrogen (secondary N) is 1. The largest absolute Gasteiger partial charge is 0.384 e. The van der Waals surface area contributed by atoms with Crippen molar-refractivity contribution in [2.45, 2.75) is 13.1 Å². The molecule has 0 saturated heterocycles. The van der Waals surface area contributed by atoms with Crippen LogP contribution in [0.1, 0.15) is 21.6 Å². The van der Waals surface area contributed by atoms with Crippen LogP contribution in [-0.4, -0.2) is 20.8 Å². The second-order valence-corrected chi connectivity index (χ2v) is 6.50. The molecule has 0 unspecified atom stereocenters. The Balaban J connectivity index is 1.57. The van der Waals surface area contributed by atoms with Gasteiger partial charge in [-0.1, -0.05) is 41.9 Å². The van der Waals surface area contributed by atoms with Gasteiger partial charge in [-0.25, -0.2) is 4.98 Å². The molecule has 6 nitrogen and oxygen atoms in total. The molecular formula is C19H16ClN5O. The highest BCUT2D eigenvalue weighted by molar-refractivity contribution is 6.30. The van der Waals surface area contributed by atoms with E-state index in [-0.39, 0.29) is 23.4 Å². The van der Waals surface area contributed by atoms with E-state index < -0.39 is 0 Å². The van der Waals surface area contributed by atoms with Crippen molar-refractivity contribution in [3.8, 4) is 0 Å². The van der Waals surface area contributed by atoms with Gasteiger partial charge in [0.1, 0.15) is 11.5 Å². The molecule has 2 heterocycles. The molecule has 3 N–H and O–H groups in total. The Morgan fingerprint density at radius 2 is 1.77 bits per heavy atom. The maximum atomic E-state index is 12.9. The maximum absolute atomic E-state index is 12.9. The zero-order valence-corrected chi connectivity index (χ0v) is 14.6. The Labute approximate surface area is 155 Å². The van der Waals surface area contributed by atoms with Crippen LogP contribution in [0.5, 0.6) is 0 Å². The van der Waals surface area contributed by atoms with Gasteiger partial charge in [0.15, 0.2) is 0 Å². The van der Waals surface area contributed by atoms with Gasteiger partial charge < -0.3 is 16.0 Å². The number of anilines is 3. The summed E-state index contributed by atoms with van der Waals surface area (Å²) in [5, 5.41) is 3.62. The summed E-state index contributed by atoms with van der Waals surface area (Å²) < 4.78 is 0. The molecule has 0 radical (unpaired) electrons. The third-order valence-corrected chi connectivity index (χ3v) is 4.41. The first-order valence-corrected chi connectivity index (χ1v) is 8.49. The molecule has 4 rings (SSSR count). The second kappa shape index (κ2) is 6.65. The van der Waals surface area contributed by atoms with E-state index in [1.165, 1.54) is 6.07 Å². The molecule has 0 bridgehead atoms. The number of nitrogens with zero attached hydrogens (tertiary/aromatic N) is 3. The lowest BCUT2D eigenvalue weighted by Crippen LogP contribution is -2.26. The summed E-state index contributed by atoms with van der Waals surface area (Å²) in [5.74, 6) is 0.307. The molecule has 0 atom stereocenters. The summed E-state index contributed by atoms with van der Waals surface area (Å²) >= 11 is 5.99. The monoisotopic (exact) mass is 365 g/mol. The van der Waals surface area contributed by atoms with E-state index in [0.717, 1.165) is 16.8 Å². The normalized spacial score (nSPS) is 12.7. The first-order valence-electron chi connectivity index (χ1n) is 8.12. The average Bonchev–Trinajstić information content (AvgIpc) is 3.04. The number of amides is 1. The van der Waals surface area contributed by atoms with E-state index in [1.54, 1.807) is 17.0 Å². The third-order valence-electron chi connectivity index (χ3n) is 4.17. The standard InChI is InChI=1S/C19H16ClN5O/c20-14-6-3-7-15(8-14)22-19-23-16(9-17(21)24-19)18(26)25-10-12-4-1-2-5-13(12)11-25/h1-9H,10-11H2,(H3,21,22,23,24). The molecule has 0 fully saturated rings. The van der Waals surface area contributed by atoms with Crippen molar-refractivity contribution in [2.75, 3.05) is 11.1 Å². The average molecular weight is 366 g/mol. The predicted molar refractivity (Wildman–Crippen MR) is 101 cm³/mol. The van der Waals surface area contributed by atoms with Crippen molar-refractivity contribution in [3.05, 3.63) is 76.4 Å². The van der Waals surface area contributed by atoms with Crippen LogP contribution in [0.15, 0.2) is 54.6 Å². The summed E-state index contributed by atoms with van der Waals surface area (Å²) in [6, 6.07) is 16.7. The number of carbonyl (C=O) groups is 1. The van der Waals surface area contributed by atoms with Crippen LogP contribution < -0.4 is 11.1 Å². The van der Waals surface area contributed by atoms with Crippen molar-refractivity contribution < 1.29 is 4.79 Å². The Kier molecular flexibility index (Phi) is 4.18. The van der Waals surface area contributed by atoms with E-state index >= 15 is 0 Å². The van der Waals surface area contributed by atoms with Crippen molar-refractivity contribution in [1.82, 2.24) is 14.9 Å². The van der Waals surface area contributed by atoms with Crippen LogP contribution in [0.25, 0.3) is 0 Å². The lowest BCUT2D eigenvalue weighted by atomic mass is 10.1. The summed E-state index contributed by atoms with van der Waals surface area (Å²) in [6.45, 7) is 1.13. The second-order valence-electron chi connectivity index (χ2n) is 6.07. The van der Waals surface area contributed by atoms with Gasteiger partial charge in [0.25, 0.3) is 5.91 Å². The molecule has 7 heteroatoms. The molecule has 26 heavy (non-hydrogen) atoms. The molecule has 1 aliphatic rings. The molecule has 1 aliphatic heterocycles. The summed E-state index contributed by atoms with van der Waals surface area (Å²) in [4.78, 5) is 23.1. The number of rotatable bonds is 3. The van der Waals surface area contributed by atoms with E-state index in [1.807, 2.05) is 36.4 Å². The van der Waals surface area contributed by atoms with Crippen molar-refractivity contribution in [3.63, 3.8) is 0 Å². The van der Waals surface area contributed by atoms with Gasteiger partial charge in [0, 0.05) is 29.9 Å². The number of hydrogen-bond acceptors (Lipinski definition) is 5. The third kappa shape index (κ3) is 3.32. The summed E-state index contributed by atoms with van der Waals surface area (Å²) in [7, 11) is 0. The lowest BCUT2D eigenvalue weighted by Gasteiger charge is -2.15. The number of aromatic nitrogens is 2. The van der Waals surface area contributed by atoms with Crippen LogP contribution in [0.3, 0.4) is 0 Å². The molecule has 0 spiro atoms. The highest BCUT2D eigenvalue weighted by atomic mass is 35.5. The quantitative estimate of drug-likeness (QED) is 0.740. The molecule has 130 valence electrons. The highest BCUT2D eigenvalue weighted by Crippen LogP contribution is 2.24. The van der Waals surface area contributed by atoms with E-state index in [4.69, 9.17) is 17.3 Å². The van der Waals surface area contributed by atoms with E-state index in [9.17, 15) is 4.79 Å². The van der Waals surface area contributed by atoms with Crippen LogP contribution in [-0.2, 0) is 13.1 Å². The first-order chi connectivity index (χ1) is 12.6. The van der Waals surface area contributed by atoms with Crippen LogP contribution in [0, 0.1) is 0 Å². The Morgan fingerprint density at radius 1 is 1.04 bits per heavy atom. The molecule has 0 aliphatic carbocycles. The number of halogens is 1. The van der Waals surface area contributed by atoms with Crippen molar-refractivity contribution >= 4 is 35.0 Å². The van der Waals surface area contributed by atoms with Gasteiger partial charge in [-0.15, -0.1) is 0 Å². The van der Waals surface area contributed by atoms with Crippen molar-refractivity contribution in [2.24, 2.45) is 0 Å². The molecule has 1 aromatic heterocycles. The van der Waals surface area contributed by atoms with Crippen LogP contribution in [0.2, 0.25) is 5.02 Å². The van der Waals surface area contributed by atoms with Gasteiger partial charge in [-0.2, -0.15) is 4.98 Å². The Hall–Kier alpha value is -3.12. The highest BCUT2D eigenvalue weighted by Gasteiger charge is 2.25. The van der Waals surface area contributed by atoms with Gasteiger partial charge in [0.2, 0.25) is 5.95 Å². The van der Waals surface area contributed by atoms with Crippen LogP contribution >= 0.6 is 11.6 Å².